The van der Waals surface area contributed by atoms with Gasteiger partial charge in [-0.1, -0.05) is 10.8 Å². The zero-order valence-electron chi connectivity index (χ0n) is 8.01. The van der Waals surface area contributed by atoms with Crippen LogP contribution in [-0.4, -0.2) is 9.78 Å². The molecule has 0 atom stereocenters. The van der Waals surface area contributed by atoms with Crippen LogP contribution in [0.1, 0.15) is 5.69 Å². The lowest BCUT2D eigenvalue weighted by Gasteiger charge is -2.04. The van der Waals surface area contributed by atoms with E-state index in [0.29, 0.717) is 0 Å². The maximum atomic E-state index is 12.7. The highest BCUT2D eigenvalue weighted by molar-refractivity contribution is 8.68. The fraction of sp³-hybridized carbons (Fsp3) is 0.100. The molecule has 78 valence electrons. The Morgan fingerprint density at radius 2 is 2.00 bits per heavy atom. The molecule has 0 aliphatic heterocycles. The molecule has 15 heavy (non-hydrogen) atoms. The van der Waals surface area contributed by atoms with Crippen LogP contribution in [0.25, 0.3) is 5.69 Å². The van der Waals surface area contributed by atoms with Crippen molar-refractivity contribution in [3.63, 3.8) is 0 Å². The van der Waals surface area contributed by atoms with Gasteiger partial charge in [0.05, 0.1) is 22.5 Å². The van der Waals surface area contributed by atoms with Gasteiger partial charge < -0.3 is 0 Å². The van der Waals surface area contributed by atoms with Crippen LogP contribution in [0.3, 0.4) is 0 Å². The van der Waals surface area contributed by atoms with E-state index in [0.717, 1.165) is 16.3 Å². The highest BCUT2D eigenvalue weighted by Gasteiger charge is 2.07. The fourth-order valence-electron chi connectivity index (χ4n) is 1.33. The summed E-state index contributed by atoms with van der Waals surface area (Å²) in [4.78, 5) is 1.00. The number of hydrogen-bond acceptors (Lipinski definition) is 3. The lowest BCUT2D eigenvalue weighted by atomic mass is 10.3. The fourth-order valence-corrected chi connectivity index (χ4v) is 2.18. The summed E-state index contributed by atoms with van der Waals surface area (Å²) in [6.07, 6.45) is 1.75. The molecule has 1 aromatic carbocycles. The van der Waals surface area contributed by atoms with E-state index in [9.17, 15) is 4.39 Å². The third-order valence-corrected chi connectivity index (χ3v) is 3.32. The van der Waals surface area contributed by atoms with Crippen molar-refractivity contribution in [2.45, 2.75) is 11.8 Å². The molecule has 0 aliphatic rings. The Labute approximate surface area is 96.3 Å². The van der Waals surface area contributed by atoms with Crippen LogP contribution >= 0.6 is 22.5 Å². The molecular weight excluding hydrogens is 231 g/mol. The van der Waals surface area contributed by atoms with Crippen LogP contribution in [0.4, 0.5) is 4.39 Å². The van der Waals surface area contributed by atoms with Gasteiger partial charge in [-0.2, -0.15) is 5.10 Å². The van der Waals surface area contributed by atoms with Gasteiger partial charge in [0.15, 0.2) is 0 Å². The van der Waals surface area contributed by atoms with E-state index in [1.807, 2.05) is 6.92 Å². The predicted octanol–water partition coefficient (Wildman–Crippen LogP) is 3.26. The Bertz CT molecular complexity index is 465. The molecule has 0 radical (unpaired) electrons. The summed E-state index contributed by atoms with van der Waals surface area (Å²) in [5.74, 6) is -0.243. The largest absolute Gasteiger partial charge is 0.237 e. The van der Waals surface area contributed by atoms with Gasteiger partial charge in [0.1, 0.15) is 5.82 Å². The van der Waals surface area contributed by atoms with Crippen molar-refractivity contribution in [3.05, 3.63) is 42.0 Å². The molecule has 1 heterocycles. The normalized spacial score (nSPS) is 10.6. The van der Waals surface area contributed by atoms with Crippen LogP contribution in [0.2, 0.25) is 0 Å². The van der Waals surface area contributed by atoms with Crippen LogP contribution in [-0.2, 0) is 0 Å². The van der Waals surface area contributed by atoms with Gasteiger partial charge in [-0.15, -0.1) is 11.7 Å². The smallest absolute Gasteiger partial charge is 0.123 e. The molecule has 0 amide bonds. The molecule has 5 heteroatoms. The standard InChI is InChI=1S/C10H9FN2S2/c1-7-10(15-14)6-12-13(7)9-4-2-8(11)3-5-9/h2-6,14H,1H3. The van der Waals surface area contributed by atoms with Crippen molar-refractivity contribution in [2.75, 3.05) is 0 Å². The first-order valence-corrected chi connectivity index (χ1v) is 6.21. The predicted molar refractivity (Wildman–Crippen MR) is 63.1 cm³/mol. The van der Waals surface area contributed by atoms with Gasteiger partial charge in [-0.05, 0) is 31.2 Å². The summed E-state index contributed by atoms with van der Waals surface area (Å²) in [6, 6.07) is 6.23. The van der Waals surface area contributed by atoms with Gasteiger partial charge in [0, 0.05) is 0 Å². The molecule has 2 aromatic rings. The van der Waals surface area contributed by atoms with Crippen molar-refractivity contribution >= 4 is 22.5 Å². The number of benzene rings is 1. The average Bonchev–Trinajstić information content (AvgIpc) is 2.61. The van der Waals surface area contributed by atoms with Gasteiger partial charge >= 0.3 is 0 Å². The molecule has 0 aliphatic carbocycles. The lowest BCUT2D eigenvalue weighted by molar-refractivity contribution is 0.627. The minimum absolute atomic E-state index is 0.243. The minimum atomic E-state index is -0.243. The summed E-state index contributed by atoms with van der Waals surface area (Å²) >= 11 is 4.13. The maximum Gasteiger partial charge on any atom is 0.123 e. The Balaban J connectivity index is 2.45. The quantitative estimate of drug-likeness (QED) is 0.641. The Morgan fingerprint density at radius 1 is 1.33 bits per heavy atom. The molecule has 0 N–H and O–H groups in total. The molecule has 2 nitrogen and oxygen atoms in total. The summed E-state index contributed by atoms with van der Waals surface area (Å²) in [7, 11) is 1.35. The monoisotopic (exact) mass is 240 g/mol. The second-order valence-electron chi connectivity index (χ2n) is 3.07. The number of thiol groups is 1. The summed E-state index contributed by atoms with van der Waals surface area (Å²) in [5, 5.41) is 4.21. The number of halogens is 1. The topological polar surface area (TPSA) is 17.8 Å². The second kappa shape index (κ2) is 4.28. The molecule has 0 bridgehead atoms. The molecule has 1 aromatic heterocycles. The lowest BCUT2D eigenvalue weighted by Crippen LogP contribution is -1.98. The Kier molecular flexibility index (Phi) is 3.02. The third kappa shape index (κ3) is 2.03. The van der Waals surface area contributed by atoms with E-state index in [1.54, 1.807) is 23.0 Å². The van der Waals surface area contributed by atoms with Gasteiger partial charge in [0.25, 0.3) is 0 Å². The van der Waals surface area contributed by atoms with Gasteiger partial charge in [-0.3, -0.25) is 0 Å². The minimum Gasteiger partial charge on any atom is -0.237 e. The summed E-state index contributed by atoms with van der Waals surface area (Å²) in [6.45, 7) is 1.95. The van der Waals surface area contributed by atoms with Crippen molar-refractivity contribution in [1.29, 1.82) is 0 Å². The van der Waals surface area contributed by atoms with Crippen molar-refractivity contribution in [1.82, 2.24) is 9.78 Å². The highest BCUT2D eigenvalue weighted by atomic mass is 33.1. The number of aromatic nitrogens is 2. The second-order valence-corrected chi connectivity index (χ2v) is 4.24. The van der Waals surface area contributed by atoms with Crippen molar-refractivity contribution in [2.24, 2.45) is 0 Å². The number of hydrogen-bond donors (Lipinski definition) is 1. The first-order valence-electron chi connectivity index (χ1n) is 4.34. The maximum absolute atomic E-state index is 12.7. The SMILES string of the molecule is Cc1c(SS)cnn1-c1ccc(F)cc1. The van der Waals surface area contributed by atoms with Gasteiger partial charge in [-0.25, -0.2) is 9.07 Å². The Hall–Kier alpha value is -0.940. The van der Waals surface area contributed by atoms with Gasteiger partial charge in [0.2, 0.25) is 0 Å². The molecule has 0 saturated carbocycles. The summed E-state index contributed by atoms with van der Waals surface area (Å²) in [5.41, 5.74) is 1.85. The zero-order chi connectivity index (χ0) is 10.8. The number of nitrogens with zero attached hydrogens (tertiary/aromatic N) is 2. The molecular formula is C10H9FN2S2. The third-order valence-electron chi connectivity index (χ3n) is 2.13. The van der Waals surface area contributed by atoms with E-state index in [2.05, 4.69) is 16.8 Å². The van der Waals surface area contributed by atoms with Crippen LogP contribution in [0.15, 0.2) is 35.4 Å². The van der Waals surface area contributed by atoms with E-state index in [4.69, 9.17) is 0 Å². The molecule has 0 spiro atoms. The van der Waals surface area contributed by atoms with Crippen LogP contribution in [0, 0.1) is 12.7 Å². The molecule has 0 fully saturated rings. The van der Waals surface area contributed by atoms with E-state index >= 15 is 0 Å². The van der Waals surface area contributed by atoms with Crippen LogP contribution in [0.5, 0.6) is 0 Å². The van der Waals surface area contributed by atoms with E-state index in [1.165, 1.54) is 22.9 Å². The molecule has 0 unspecified atom stereocenters. The van der Waals surface area contributed by atoms with Crippen LogP contribution < -0.4 is 0 Å². The molecule has 2 rings (SSSR count). The zero-order valence-corrected chi connectivity index (χ0v) is 9.73. The highest BCUT2D eigenvalue weighted by Crippen LogP contribution is 2.26. The van der Waals surface area contributed by atoms with Crippen molar-refractivity contribution < 1.29 is 4.39 Å². The number of rotatable bonds is 2. The average molecular weight is 240 g/mol. The first-order chi connectivity index (χ1) is 7.22. The Morgan fingerprint density at radius 3 is 2.53 bits per heavy atom. The van der Waals surface area contributed by atoms with E-state index < -0.39 is 0 Å². The van der Waals surface area contributed by atoms with E-state index in [-0.39, 0.29) is 5.82 Å². The first kappa shape index (κ1) is 10.6. The molecule has 0 saturated heterocycles. The summed E-state index contributed by atoms with van der Waals surface area (Å²) < 4.78 is 14.5. The van der Waals surface area contributed by atoms with Crippen molar-refractivity contribution in [3.8, 4) is 5.69 Å².